The number of amides is 1. The third kappa shape index (κ3) is 33.7. The summed E-state index contributed by atoms with van der Waals surface area (Å²) in [6.45, 7) is 31.7. The van der Waals surface area contributed by atoms with E-state index in [0.29, 0.717) is 23.7 Å². The Labute approximate surface area is 327 Å². The lowest BCUT2D eigenvalue weighted by Gasteiger charge is -2.23. The molecule has 0 saturated carbocycles. The molecule has 1 saturated heterocycles. The van der Waals surface area contributed by atoms with Crippen LogP contribution in [-0.4, -0.2) is 62.3 Å². The third-order valence-corrected chi connectivity index (χ3v) is 8.93. The van der Waals surface area contributed by atoms with Crippen LogP contribution in [0.4, 0.5) is 0 Å². The summed E-state index contributed by atoms with van der Waals surface area (Å²) in [7, 11) is 4.21. The summed E-state index contributed by atoms with van der Waals surface area (Å²) in [4.78, 5) is 25.7. The first-order valence-corrected chi connectivity index (χ1v) is 21.8. The van der Waals surface area contributed by atoms with E-state index in [-0.39, 0.29) is 0 Å². The topological polar surface area (TPSA) is 49.9 Å². The lowest BCUT2D eigenvalue weighted by Crippen LogP contribution is -2.27. The average molecular weight is 733 g/mol. The molecule has 1 aromatic carbocycles. The van der Waals surface area contributed by atoms with Gasteiger partial charge in [-0.15, -0.1) is 0 Å². The molecule has 0 aliphatic carbocycles. The molecule has 3 atom stereocenters. The second-order valence-corrected chi connectivity index (χ2v) is 13.9. The van der Waals surface area contributed by atoms with Crippen LogP contribution in [0.2, 0.25) is 0 Å². The van der Waals surface area contributed by atoms with Crippen molar-refractivity contribution in [3.8, 4) is 5.75 Å². The van der Waals surface area contributed by atoms with E-state index in [2.05, 4.69) is 112 Å². The summed E-state index contributed by atoms with van der Waals surface area (Å²) >= 11 is 0. The SMILES string of the molecule is CC.CC.CCC(C)CC=O.CCC(CC(C)CCN1CCCC1=O)c1ccc2c(c1)CCO2.CCC=CCC.CCCCC.CCCCN(C)C. The highest BCUT2D eigenvalue weighted by molar-refractivity contribution is 5.78. The van der Waals surface area contributed by atoms with Crippen molar-refractivity contribution < 1.29 is 14.3 Å². The minimum Gasteiger partial charge on any atom is -0.493 e. The van der Waals surface area contributed by atoms with Crippen LogP contribution in [-0.2, 0) is 16.0 Å². The number of benzene rings is 1. The number of unbranched alkanes of at least 4 members (excludes halogenated alkanes) is 3. The Kier molecular flexibility index (Phi) is 47.1. The first-order chi connectivity index (χ1) is 25.1. The number of fused-ring (bicyclic) bond motifs is 1. The van der Waals surface area contributed by atoms with Gasteiger partial charge in [-0.2, -0.15) is 0 Å². The fourth-order valence-electron chi connectivity index (χ4n) is 5.41. The molecular formula is C47H92N2O3. The molecule has 1 amide bonds. The maximum atomic E-state index is 11.7. The van der Waals surface area contributed by atoms with E-state index in [1.165, 1.54) is 75.5 Å². The van der Waals surface area contributed by atoms with E-state index in [0.717, 1.165) is 70.3 Å². The van der Waals surface area contributed by atoms with Crippen molar-refractivity contribution in [3.05, 3.63) is 41.5 Å². The monoisotopic (exact) mass is 733 g/mol. The Bertz CT molecular complexity index is 906. The minimum atomic E-state index is 0.350. The van der Waals surface area contributed by atoms with Gasteiger partial charge in [0.25, 0.3) is 0 Å². The molecule has 1 fully saturated rings. The van der Waals surface area contributed by atoms with Gasteiger partial charge in [0.2, 0.25) is 5.91 Å². The molecule has 0 N–H and O–H groups in total. The van der Waals surface area contributed by atoms with Crippen molar-refractivity contribution in [2.75, 3.05) is 40.3 Å². The first kappa shape index (κ1) is 56.6. The molecule has 3 rings (SSSR count). The number of nitrogens with zero attached hydrogens (tertiary/aromatic N) is 2. The standard InChI is InChI=1S/C20H29NO2.C6H15N.C6H12O.C6H12.C5H12.2C2H6/c1-3-16(17-6-7-19-18(14-17)9-12-23-19)13-15(2)8-11-21-10-4-5-20(21)22;1-4-5-6-7(2)3;1-3-6(2)4-5-7;1-3-5-6-4-2;1-3-5-4-2;2*1-2/h6-7,14-16H,3-5,8-13H2,1-2H3;4-6H2,1-3H3;5-6H,3-4H2,1-2H3;5-6H,3-4H2,1-2H3;3-5H2,1-2H3;2*1-2H3. The molecule has 308 valence electrons. The molecule has 5 heteroatoms. The summed E-state index contributed by atoms with van der Waals surface area (Å²) in [5.41, 5.74) is 2.83. The fraction of sp³-hybridized carbons (Fsp3) is 0.787. The Morgan fingerprint density at radius 3 is 1.81 bits per heavy atom. The highest BCUT2D eigenvalue weighted by Crippen LogP contribution is 2.33. The number of allylic oxidation sites excluding steroid dienone is 2. The largest absolute Gasteiger partial charge is 0.493 e. The molecule has 2 heterocycles. The summed E-state index contributed by atoms with van der Waals surface area (Å²) in [5.74, 6) is 3.27. The van der Waals surface area contributed by atoms with E-state index in [9.17, 15) is 9.59 Å². The Morgan fingerprint density at radius 1 is 0.827 bits per heavy atom. The van der Waals surface area contributed by atoms with Gasteiger partial charge in [-0.3, -0.25) is 4.79 Å². The normalized spacial score (nSPS) is 14.1. The highest BCUT2D eigenvalue weighted by atomic mass is 16.5. The molecule has 3 unspecified atom stereocenters. The van der Waals surface area contributed by atoms with Crippen LogP contribution in [0.15, 0.2) is 30.4 Å². The lowest BCUT2D eigenvalue weighted by atomic mass is 9.85. The van der Waals surface area contributed by atoms with Crippen molar-refractivity contribution in [2.45, 2.75) is 192 Å². The molecule has 2 aliphatic heterocycles. The van der Waals surface area contributed by atoms with Gasteiger partial charge in [0.05, 0.1) is 6.61 Å². The highest BCUT2D eigenvalue weighted by Gasteiger charge is 2.22. The number of aldehydes is 1. The number of hydrogen-bond donors (Lipinski definition) is 0. The maximum Gasteiger partial charge on any atom is 0.222 e. The summed E-state index contributed by atoms with van der Waals surface area (Å²) < 4.78 is 5.62. The predicted molar refractivity (Wildman–Crippen MR) is 234 cm³/mol. The molecule has 0 bridgehead atoms. The zero-order valence-corrected chi connectivity index (χ0v) is 37.8. The second-order valence-electron chi connectivity index (χ2n) is 13.9. The molecule has 0 spiro atoms. The van der Waals surface area contributed by atoms with E-state index in [1.54, 1.807) is 0 Å². The van der Waals surface area contributed by atoms with Gasteiger partial charge in [-0.25, -0.2) is 0 Å². The van der Waals surface area contributed by atoms with Crippen molar-refractivity contribution in [3.63, 3.8) is 0 Å². The third-order valence-electron chi connectivity index (χ3n) is 8.93. The maximum absolute atomic E-state index is 11.7. The number of ether oxygens (including phenoxy) is 1. The molecule has 52 heavy (non-hydrogen) atoms. The fourth-order valence-corrected chi connectivity index (χ4v) is 5.41. The molecule has 1 aromatic rings. The summed E-state index contributed by atoms with van der Waals surface area (Å²) in [6.07, 6.45) is 22.6. The van der Waals surface area contributed by atoms with E-state index < -0.39 is 0 Å². The molecule has 2 aliphatic rings. The second kappa shape index (κ2) is 43.3. The Hall–Kier alpha value is -2.14. The number of rotatable bonds is 17. The van der Waals surface area contributed by atoms with Crippen molar-refractivity contribution in [1.82, 2.24) is 9.80 Å². The number of hydrogen-bond acceptors (Lipinski definition) is 4. The van der Waals surface area contributed by atoms with Crippen molar-refractivity contribution >= 4 is 12.2 Å². The van der Waals surface area contributed by atoms with Gasteiger partial charge >= 0.3 is 0 Å². The quantitative estimate of drug-likeness (QED) is 0.118. The van der Waals surface area contributed by atoms with Gasteiger partial charge in [0.1, 0.15) is 12.0 Å². The van der Waals surface area contributed by atoms with Crippen LogP contribution >= 0.6 is 0 Å². The van der Waals surface area contributed by atoms with Crippen molar-refractivity contribution in [2.24, 2.45) is 11.8 Å². The van der Waals surface area contributed by atoms with Gasteiger partial charge < -0.3 is 19.3 Å². The smallest absolute Gasteiger partial charge is 0.222 e. The average Bonchev–Trinajstić information content (AvgIpc) is 3.82. The Balaban J connectivity index is -0.000000327. The van der Waals surface area contributed by atoms with Crippen LogP contribution in [0, 0.1) is 11.8 Å². The summed E-state index contributed by atoms with van der Waals surface area (Å²) in [6, 6.07) is 6.75. The number of carbonyl (C=O) groups is 2. The van der Waals surface area contributed by atoms with Gasteiger partial charge in [-0.1, -0.05) is 146 Å². The number of carbonyl (C=O) groups excluding carboxylic acids is 2. The van der Waals surface area contributed by atoms with E-state index >= 15 is 0 Å². The van der Waals surface area contributed by atoms with Crippen LogP contribution < -0.4 is 4.74 Å². The van der Waals surface area contributed by atoms with Crippen LogP contribution in [0.1, 0.15) is 197 Å². The Morgan fingerprint density at radius 2 is 1.42 bits per heavy atom. The zero-order chi connectivity index (χ0) is 40.6. The first-order valence-electron chi connectivity index (χ1n) is 21.8. The van der Waals surface area contributed by atoms with Gasteiger partial charge in [-0.05, 0) is 101 Å². The molecular weight excluding hydrogens is 641 g/mol. The summed E-state index contributed by atoms with van der Waals surface area (Å²) in [5, 5.41) is 0. The molecule has 0 aromatic heterocycles. The molecule has 0 radical (unpaired) electrons. The van der Waals surface area contributed by atoms with E-state index in [4.69, 9.17) is 4.74 Å². The van der Waals surface area contributed by atoms with Gasteiger partial charge in [0.15, 0.2) is 0 Å². The van der Waals surface area contributed by atoms with Crippen LogP contribution in [0.25, 0.3) is 0 Å². The van der Waals surface area contributed by atoms with Crippen molar-refractivity contribution in [1.29, 1.82) is 0 Å². The number of likely N-dealkylation sites (tertiary alicyclic amines) is 1. The van der Waals surface area contributed by atoms with E-state index in [1.807, 2.05) is 32.6 Å². The lowest BCUT2D eigenvalue weighted by molar-refractivity contribution is -0.127. The van der Waals surface area contributed by atoms with Crippen LogP contribution in [0.5, 0.6) is 5.75 Å². The predicted octanol–water partition coefficient (Wildman–Crippen LogP) is 13.7. The minimum absolute atomic E-state index is 0.350. The molecule has 5 nitrogen and oxygen atoms in total. The zero-order valence-electron chi connectivity index (χ0n) is 37.8. The van der Waals surface area contributed by atoms with Gasteiger partial charge in [0, 0.05) is 32.4 Å². The van der Waals surface area contributed by atoms with Crippen LogP contribution in [0.3, 0.4) is 0 Å².